The number of nitrogens with zero attached hydrogens (tertiary/aromatic N) is 4. The number of benzene rings is 1. The predicted molar refractivity (Wildman–Crippen MR) is 101 cm³/mol. The number of aryl methyl sites for hydroxylation is 2. The zero-order valence-corrected chi connectivity index (χ0v) is 15.4. The van der Waals surface area contributed by atoms with Crippen LogP contribution in [0.1, 0.15) is 11.4 Å². The van der Waals surface area contributed by atoms with Crippen molar-refractivity contribution in [1.29, 1.82) is 0 Å². The highest BCUT2D eigenvalue weighted by Crippen LogP contribution is 2.32. The lowest BCUT2D eigenvalue weighted by molar-refractivity contribution is -0.113. The molecule has 1 amide bonds. The molecule has 0 bridgehead atoms. The molecule has 4 aromatic rings. The third kappa shape index (κ3) is 2.82. The Morgan fingerprint density at radius 3 is 2.85 bits per heavy atom. The lowest BCUT2D eigenvalue weighted by Crippen LogP contribution is -2.15. The molecule has 132 valence electrons. The van der Waals surface area contributed by atoms with Crippen LogP contribution in [0.15, 0.2) is 40.0 Å². The van der Waals surface area contributed by atoms with E-state index in [0.29, 0.717) is 10.6 Å². The van der Waals surface area contributed by atoms with E-state index in [-0.39, 0.29) is 11.7 Å². The minimum absolute atomic E-state index is 0.114. The van der Waals surface area contributed by atoms with Gasteiger partial charge in [-0.1, -0.05) is 23.9 Å². The van der Waals surface area contributed by atoms with Gasteiger partial charge in [0.2, 0.25) is 5.91 Å². The van der Waals surface area contributed by atoms with Gasteiger partial charge in [-0.05, 0) is 26.0 Å². The number of thioether (sulfide) groups is 1. The normalized spacial score (nSPS) is 11.3. The summed E-state index contributed by atoms with van der Waals surface area (Å²) in [6, 6.07) is 7.71. The number of carbonyl (C=O) groups is 1. The molecule has 0 unspecified atom stereocenters. The second kappa shape index (κ2) is 6.45. The van der Waals surface area contributed by atoms with Gasteiger partial charge in [-0.25, -0.2) is 9.97 Å². The van der Waals surface area contributed by atoms with Crippen LogP contribution < -0.4 is 5.32 Å². The first-order chi connectivity index (χ1) is 12.5. The van der Waals surface area contributed by atoms with E-state index in [0.717, 1.165) is 33.6 Å². The number of para-hydroxylation sites is 1. The minimum Gasteiger partial charge on any atom is -0.451 e. The fourth-order valence-corrected chi connectivity index (χ4v) is 3.60. The molecule has 0 aliphatic carbocycles. The Balaban J connectivity index is 1.55. The van der Waals surface area contributed by atoms with E-state index in [2.05, 4.69) is 20.4 Å². The van der Waals surface area contributed by atoms with Gasteiger partial charge in [-0.2, -0.15) is 5.10 Å². The predicted octanol–water partition coefficient (Wildman–Crippen LogP) is 3.46. The average molecular weight is 367 g/mol. The fraction of sp³-hybridized carbons (Fsp3) is 0.222. The molecule has 1 N–H and O–H groups in total. The molecule has 0 atom stereocenters. The topological polar surface area (TPSA) is 85.8 Å². The number of amides is 1. The van der Waals surface area contributed by atoms with Gasteiger partial charge in [0.1, 0.15) is 22.5 Å². The van der Waals surface area contributed by atoms with Gasteiger partial charge in [-0.15, -0.1) is 0 Å². The number of hydrogen-bond acceptors (Lipinski definition) is 6. The van der Waals surface area contributed by atoms with Gasteiger partial charge in [0, 0.05) is 12.4 Å². The van der Waals surface area contributed by atoms with E-state index < -0.39 is 0 Å². The lowest BCUT2D eigenvalue weighted by atomic mass is 10.2. The molecule has 3 heterocycles. The van der Waals surface area contributed by atoms with Crippen molar-refractivity contribution in [3.05, 3.63) is 42.0 Å². The molecule has 8 heteroatoms. The number of carbonyl (C=O) groups excluding carboxylic acids is 1. The standard InChI is InChI=1S/C18H17N5O2S/c1-10-15(11(2)23(3)22-10)21-14(24)8-26-18-17-16(19-9-20-18)12-6-4-5-7-13(12)25-17/h4-7,9H,8H2,1-3H3,(H,21,24). The number of anilines is 1. The summed E-state index contributed by atoms with van der Waals surface area (Å²) in [5, 5.41) is 8.83. The molecule has 0 fully saturated rings. The zero-order chi connectivity index (χ0) is 18.3. The van der Waals surface area contributed by atoms with Crippen molar-refractivity contribution in [1.82, 2.24) is 19.7 Å². The second-order valence-corrected chi connectivity index (χ2v) is 6.93. The molecular formula is C18H17N5O2S. The lowest BCUT2D eigenvalue weighted by Gasteiger charge is -2.05. The van der Waals surface area contributed by atoms with Crippen molar-refractivity contribution in [3.8, 4) is 0 Å². The quantitative estimate of drug-likeness (QED) is 0.439. The maximum absolute atomic E-state index is 12.4. The number of furan rings is 1. The molecule has 0 saturated carbocycles. The van der Waals surface area contributed by atoms with E-state index in [1.54, 1.807) is 4.68 Å². The van der Waals surface area contributed by atoms with E-state index >= 15 is 0 Å². The van der Waals surface area contributed by atoms with Gasteiger partial charge in [0.25, 0.3) is 0 Å². The van der Waals surface area contributed by atoms with E-state index in [9.17, 15) is 4.79 Å². The summed E-state index contributed by atoms with van der Waals surface area (Å²) in [4.78, 5) is 21.0. The minimum atomic E-state index is -0.114. The third-order valence-electron chi connectivity index (χ3n) is 4.24. The van der Waals surface area contributed by atoms with Crippen LogP contribution >= 0.6 is 11.8 Å². The van der Waals surface area contributed by atoms with Crippen LogP contribution in [-0.2, 0) is 11.8 Å². The van der Waals surface area contributed by atoms with Crippen LogP contribution in [0, 0.1) is 13.8 Å². The molecule has 4 rings (SSSR count). The Kier molecular flexibility index (Phi) is 4.12. The van der Waals surface area contributed by atoms with Crippen molar-refractivity contribution in [2.75, 3.05) is 11.1 Å². The third-order valence-corrected chi connectivity index (χ3v) is 5.21. The Hall–Kier alpha value is -2.87. The van der Waals surface area contributed by atoms with Crippen molar-refractivity contribution in [2.24, 2.45) is 7.05 Å². The summed E-state index contributed by atoms with van der Waals surface area (Å²) in [5.41, 5.74) is 4.61. The molecule has 0 aliphatic heterocycles. The Bertz CT molecular complexity index is 1130. The van der Waals surface area contributed by atoms with Crippen molar-refractivity contribution >= 4 is 45.4 Å². The van der Waals surface area contributed by atoms with Crippen LogP contribution in [0.25, 0.3) is 22.1 Å². The van der Waals surface area contributed by atoms with Gasteiger partial charge in [0.05, 0.1) is 22.8 Å². The molecule has 0 saturated heterocycles. The summed E-state index contributed by atoms with van der Waals surface area (Å²) in [6.45, 7) is 3.79. The molecule has 0 aliphatic rings. The highest BCUT2D eigenvalue weighted by atomic mass is 32.2. The van der Waals surface area contributed by atoms with E-state index in [4.69, 9.17) is 4.42 Å². The molecule has 26 heavy (non-hydrogen) atoms. The SMILES string of the molecule is Cc1nn(C)c(C)c1NC(=O)CSc1ncnc2c1oc1ccccc12. The van der Waals surface area contributed by atoms with E-state index in [1.165, 1.54) is 18.1 Å². The molecule has 3 aromatic heterocycles. The molecule has 1 aromatic carbocycles. The summed E-state index contributed by atoms with van der Waals surface area (Å²) < 4.78 is 7.64. The van der Waals surface area contributed by atoms with Crippen LogP contribution in [0.5, 0.6) is 0 Å². The maximum atomic E-state index is 12.4. The number of fused-ring (bicyclic) bond motifs is 3. The molecule has 0 spiro atoms. The maximum Gasteiger partial charge on any atom is 0.234 e. The van der Waals surface area contributed by atoms with Crippen LogP contribution in [0.4, 0.5) is 5.69 Å². The van der Waals surface area contributed by atoms with Gasteiger partial charge in [-0.3, -0.25) is 9.48 Å². The largest absolute Gasteiger partial charge is 0.451 e. The first-order valence-corrected chi connectivity index (χ1v) is 9.08. The zero-order valence-electron chi connectivity index (χ0n) is 14.6. The van der Waals surface area contributed by atoms with Gasteiger partial charge in [0.15, 0.2) is 5.58 Å². The highest BCUT2D eigenvalue weighted by Gasteiger charge is 2.16. The molecule has 0 radical (unpaired) electrons. The Morgan fingerprint density at radius 2 is 2.08 bits per heavy atom. The number of hydrogen-bond donors (Lipinski definition) is 1. The summed E-state index contributed by atoms with van der Waals surface area (Å²) in [6.07, 6.45) is 1.50. The Labute approximate surface area is 153 Å². The number of aromatic nitrogens is 4. The van der Waals surface area contributed by atoms with Crippen molar-refractivity contribution < 1.29 is 9.21 Å². The summed E-state index contributed by atoms with van der Waals surface area (Å²) >= 11 is 1.33. The fourth-order valence-electron chi connectivity index (χ4n) is 2.87. The van der Waals surface area contributed by atoms with Gasteiger partial charge < -0.3 is 9.73 Å². The van der Waals surface area contributed by atoms with Crippen molar-refractivity contribution in [3.63, 3.8) is 0 Å². The second-order valence-electron chi connectivity index (χ2n) is 5.96. The average Bonchev–Trinajstić information content (AvgIpc) is 3.13. The van der Waals surface area contributed by atoms with Crippen LogP contribution in [0.2, 0.25) is 0 Å². The number of nitrogens with one attached hydrogen (secondary N) is 1. The van der Waals surface area contributed by atoms with Crippen molar-refractivity contribution in [2.45, 2.75) is 18.9 Å². The number of rotatable bonds is 4. The molecular weight excluding hydrogens is 350 g/mol. The van der Waals surface area contributed by atoms with E-state index in [1.807, 2.05) is 45.2 Å². The monoisotopic (exact) mass is 367 g/mol. The first-order valence-electron chi connectivity index (χ1n) is 8.09. The molecule has 7 nitrogen and oxygen atoms in total. The van der Waals surface area contributed by atoms with Crippen LogP contribution in [-0.4, -0.2) is 31.4 Å². The first kappa shape index (κ1) is 16.6. The summed E-state index contributed by atoms with van der Waals surface area (Å²) in [5.74, 6) is 0.105. The van der Waals surface area contributed by atoms with Crippen LogP contribution in [0.3, 0.4) is 0 Å². The summed E-state index contributed by atoms with van der Waals surface area (Å²) in [7, 11) is 1.85. The van der Waals surface area contributed by atoms with Gasteiger partial charge >= 0.3 is 0 Å². The smallest absolute Gasteiger partial charge is 0.234 e. The highest BCUT2D eigenvalue weighted by molar-refractivity contribution is 8.00. The Morgan fingerprint density at radius 1 is 1.27 bits per heavy atom.